The van der Waals surface area contributed by atoms with Gasteiger partial charge in [-0.05, 0) is 57.0 Å². The number of aromatic nitrogens is 3. The summed E-state index contributed by atoms with van der Waals surface area (Å²) in [6, 6.07) is 9.77. The van der Waals surface area contributed by atoms with Crippen molar-refractivity contribution in [3.8, 4) is 5.75 Å². The molecule has 0 spiro atoms. The Labute approximate surface area is 223 Å². The van der Waals surface area contributed by atoms with Gasteiger partial charge >= 0.3 is 5.91 Å². The molecule has 5 rings (SSSR count). The number of imidazole rings is 1. The number of ether oxygens (including phenoxy) is 1. The van der Waals surface area contributed by atoms with Crippen LogP contribution in [0, 0.1) is 20.8 Å². The molecule has 1 aliphatic rings. The molecule has 0 aliphatic carbocycles. The van der Waals surface area contributed by atoms with Crippen LogP contribution < -0.4 is 9.64 Å². The number of rotatable bonds is 6. The summed E-state index contributed by atoms with van der Waals surface area (Å²) in [7, 11) is 0. The van der Waals surface area contributed by atoms with E-state index in [0.717, 1.165) is 16.9 Å². The molecule has 4 heterocycles. The van der Waals surface area contributed by atoms with Gasteiger partial charge in [-0.25, -0.2) is 9.97 Å². The lowest BCUT2D eigenvalue weighted by molar-refractivity contribution is -0.132. The Bertz CT molecular complexity index is 1650. The third-order valence-electron chi connectivity index (χ3n) is 6.57. The van der Waals surface area contributed by atoms with Gasteiger partial charge in [-0.1, -0.05) is 29.5 Å². The van der Waals surface area contributed by atoms with Gasteiger partial charge in [0.1, 0.15) is 17.1 Å². The first-order valence-electron chi connectivity index (χ1n) is 12.1. The fourth-order valence-electron chi connectivity index (χ4n) is 4.74. The number of aliphatic hydroxyl groups is 1. The number of carbonyl (C=O) groups excluding carboxylic acids is 3. The Morgan fingerprint density at radius 2 is 1.82 bits per heavy atom. The molecule has 1 aromatic carbocycles. The number of aliphatic hydroxyl groups excluding tert-OH is 1. The van der Waals surface area contributed by atoms with Crippen LogP contribution in [0.1, 0.15) is 57.8 Å². The Kier molecular flexibility index (Phi) is 6.36. The third kappa shape index (κ3) is 3.97. The van der Waals surface area contributed by atoms with Gasteiger partial charge in [-0.3, -0.25) is 19.3 Å². The summed E-state index contributed by atoms with van der Waals surface area (Å²) < 4.78 is 7.39. The maximum Gasteiger partial charge on any atom is 0.301 e. The zero-order chi connectivity index (χ0) is 27.3. The average Bonchev–Trinajstić information content (AvgIpc) is 3.52. The molecule has 0 saturated carbocycles. The Morgan fingerprint density at radius 1 is 1.11 bits per heavy atom. The fraction of sp³-hybridized carbons (Fsp3) is 0.250. The van der Waals surface area contributed by atoms with Crippen LogP contribution in [0.3, 0.4) is 0 Å². The third-order valence-corrected chi connectivity index (χ3v) is 7.83. The second kappa shape index (κ2) is 9.53. The monoisotopic (exact) mass is 530 g/mol. The van der Waals surface area contributed by atoms with Crippen molar-refractivity contribution in [3.05, 3.63) is 81.3 Å². The van der Waals surface area contributed by atoms with Crippen LogP contribution in [-0.2, 0) is 9.59 Å². The van der Waals surface area contributed by atoms with Gasteiger partial charge in [-0.2, -0.15) is 0 Å². The van der Waals surface area contributed by atoms with Crippen LogP contribution in [-0.4, -0.2) is 43.6 Å². The van der Waals surface area contributed by atoms with Gasteiger partial charge in [0.15, 0.2) is 16.7 Å². The molecule has 3 aromatic heterocycles. The molecule has 1 atom stereocenters. The molecule has 4 aromatic rings. The molecular weight excluding hydrogens is 504 g/mol. The maximum absolute atomic E-state index is 13.5. The molecule has 9 nitrogen and oxygen atoms in total. The number of thiazole rings is 1. The van der Waals surface area contributed by atoms with Crippen molar-refractivity contribution in [1.82, 2.24) is 14.4 Å². The number of ketones is 2. The number of anilines is 1. The van der Waals surface area contributed by atoms with Crippen LogP contribution in [0.5, 0.6) is 5.75 Å². The molecule has 1 fully saturated rings. The van der Waals surface area contributed by atoms with Gasteiger partial charge < -0.3 is 14.2 Å². The molecule has 0 bridgehead atoms. The molecule has 1 amide bonds. The van der Waals surface area contributed by atoms with Gasteiger partial charge in [-0.15, -0.1) is 0 Å². The minimum atomic E-state index is -0.985. The Morgan fingerprint density at radius 3 is 2.42 bits per heavy atom. The van der Waals surface area contributed by atoms with Crippen molar-refractivity contribution >= 4 is 45.3 Å². The molecule has 0 radical (unpaired) electrons. The number of aryl methyl sites for hydroxylation is 3. The van der Waals surface area contributed by atoms with Gasteiger partial charge in [0.05, 0.1) is 34.5 Å². The van der Waals surface area contributed by atoms with Crippen molar-refractivity contribution in [3.63, 3.8) is 0 Å². The smallest absolute Gasteiger partial charge is 0.301 e. The molecule has 38 heavy (non-hydrogen) atoms. The molecule has 194 valence electrons. The van der Waals surface area contributed by atoms with E-state index in [0.29, 0.717) is 39.8 Å². The first-order chi connectivity index (χ1) is 18.1. The summed E-state index contributed by atoms with van der Waals surface area (Å²) in [4.78, 5) is 49.8. The Balaban J connectivity index is 1.74. The van der Waals surface area contributed by atoms with E-state index in [9.17, 15) is 19.5 Å². The lowest BCUT2D eigenvalue weighted by Crippen LogP contribution is -2.29. The van der Waals surface area contributed by atoms with Crippen LogP contribution in [0.25, 0.3) is 11.4 Å². The highest BCUT2D eigenvalue weighted by atomic mass is 32.1. The van der Waals surface area contributed by atoms with E-state index >= 15 is 0 Å². The fourth-order valence-corrected chi connectivity index (χ4v) is 5.73. The predicted octanol–water partition coefficient (Wildman–Crippen LogP) is 4.94. The minimum absolute atomic E-state index is 0.0967. The highest BCUT2D eigenvalue weighted by Gasteiger charge is 2.48. The van der Waals surface area contributed by atoms with Gasteiger partial charge in [0.25, 0.3) is 5.78 Å². The quantitative estimate of drug-likeness (QED) is 0.162. The summed E-state index contributed by atoms with van der Waals surface area (Å²) in [5.41, 5.74) is 3.32. The first-order valence-corrected chi connectivity index (χ1v) is 12.9. The zero-order valence-corrected chi connectivity index (χ0v) is 22.4. The number of fused-ring (bicyclic) bond motifs is 1. The van der Waals surface area contributed by atoms with Crippen molar-refractivity contribution in [2.75, 3.05) is 11.5 Å². The number of hydrogen-bond donors (Lipinski definition) is 1. The van der Waals surface area contributed by atoms with E-state index < -0.39 is 17.7 Å². The molecule has 1 N–H and O–H groups in total. The number of hydrogen-bond acceptors (Lipinski definition) is 8. The van der Waals surface area contributed by atoms with E-state index in [1.54, 1.807) is 38.1 Å². The highest BCUT2D eigenvalue weighted by molar-refractivity contribution is 7.18. The van der Waals surface area contributed by atoms with Crippen LogP contribution in [0.15, 0.2) is 48.2 Å². The summed E-state index contributed by atoms with van der Waals surface area (Å²) in [6.45, 7) is 9.16. The SMILES string of the molecule is CCOc1ccc(C2C(=C(O)c3nc4c(C)cccn4c3C)C(=O)C(=O)N2c2nc(C)c(C(C)=O)s2)cc1. The number of nitrogens with zero attached hydrogens (tertiary/aromatic N) is 4. The van der Waals surface area contributed by atoms with Gasteiger partial charge in [0.2, 0.25) is 0 Å². The van der Waals surface area contributed by atoms with E-state index in [-0.39, 0.29) is 27.9 Å². The normalized spacial score (nSPS) is 17.0. The summed E-state index contributed by atoms with van der Waals surface area (Å²) >= 11 is 1.04. The number of carbonyl (C=O) groups is 3. The number of Topliss-reactive ketones (excluding diaryl/α,β-unsaturated/α-hetero) is 2. The standard InChI is InChI=1S/C28H26N4O5S/c1-6-37-19-11-9-18(10-12-19)22-20(23(34)21-16(4)31-13-7-8-14(2)26(31)30-21)24(35)27(36)32(22)28-29-15(3)25(38-28)17(5)33/h7-13,22,34H,6H2,1-5H3. The molecule has 1 saturated heterocycles. The number of amides is 1. The number of pyridine rings is 1. The van der Waals surface area contributed by atoms with Crippen LogP contribution >= 0.6 is 11.3 Å². The van der Waals surface area contributed by atoms with Crippen LogP contribution in [0.2, 0.25) is 0 Å². The summed E-state index contributed by atoms with van der Waals surface area (Å²) in [5, 5.41) is 11.8. The largest absolute Gasteiger partial charge is 0.505 e. The van der Waals surface area contributed by atoms with E-state index in [4.69, 9.17) is 4.74 Å². The molecule has 10 heteroatoms. The zero-order valence-electron chi connectivity index (χ0n) is 21.6. The molecular formula is C28H26N4O5S. The van der Waals surface area contributed by atoms with Crippen molar-refractivity contribution in [2.24, 2.45) is 0 Å². The average molecular weight is 531 g/mol. The van der Waals surface area contributed by atoms with E-state index in [1.165, 1.54) is 11.8 Å². The second-order valence-electron chi connectivity index (χ2n) is 9.07. The van der Waals surface area contributed by atoms with Crippen molar-refractivity contribution in [2.45, 2.75) is 40.7 Å². The highest BCUT2D eigenvalue weighted by Crippen LogP contribution is 2.44. The van der Waals surface area contributed by atoms with E-state index in [1.807, 2.05) is 36.6 Å². The topological polar surface area (TPSA) is 114 Å². The lowest BCUT2D eigenvalue weighted by Gasteiger charge is -2.23. The summed E-state index contributed by atoms with van der Waals surface area (Å²) in [6.07, 6.45) is 1.83. The van der Waals surface area contributed by atoms with Crippen LogP contribution in [0.4, 0.5) is 5.13 Å². The number of benzene rings is 1. The van der Waals surface area contributed by atoms with Gasteiger partial charge in [0, 0.05) is 13.1 Å². The minimum Gasteiger partial charge on any atom is -0.505 e. The lowest BCUT2D eigenvalue weighted by atomic mass is 9.96. The predicted molar refractivity (Wildman–Crippen MR) is 144 cm³/mol. The Hall–Kier alpha value is -4.31. The second-order valence-corrected chi connectivity index (χ2v) is 10.0. The first kappa shape index (κ1) is 25.3. The maximum atomic E-state index is 13.5. The van der Waals surface area contributed by atoms with Crippen molar-refractivity contribution < 1.29 is 24.2 Å². The summed E-state index contributed by atoms with van der Waals surface area (Å²) in [5.74, 6) is -1.62. The molecule has 1 unspecified atom stereocenters. The van der Waals surface area contributed by atoms with Crippen molar-refractivity contribution in [1.29, 1.82) is 0 Å². The van der Waals surface area contributed by atoms with E-state index in [2.05, 4.69) is 9.97 Å². The molecule has 1 aliphatic heterocycles.